The van der Waals surface area contributed by atoms with Gasteiger partial charge in [0.25, 0.3) is 11.5 Å². The number of aliphatic imine (C=N–C) groups is 1. The van der Waals surface area contributed by atoms with Crippen molar-refractivity contribution in [2.75, 3.05) is 0 Å². The first-order valence-corrected chi connectivity index (χ1v) is 12.9. The number of aliphatic hydroxyl groups is 3. The highest BCUT2D eigenvalue weighted by Gasteiger charge is 2.41. The van der Waals surface area contributed by atoms with E-state index in [9.17, 15) is 9.59 Å². The van der Waals surface area contributed by atoms with Crippen LogP contribution in [0.3, 0.4) is 0 Å². The van der Waals surface area contributed by atoms with Gasteiger partial charge in [0.2, 0.25) is 0 Å². The maximum Gasteiger partial charge on any atom is 0.369 e. The van der Waals surface area contributed by atoms with Gasteiger partial charge < -0.3 is 15.3 Å². The summed E-state index contributed by atoms with van der Waals surface area (Å²) in [6.45, 7) is 3.17. The molecular weight excluding hydrogens is 581 g/mol. The van der Waals surface area contributed by atoms with E-state index in [0.717, 1.165) is 34.9 Å². The highest BCUT2D eigenvalue weighted by atomic mass is 35.5. The topological polar surface area (TPSA) is 137 Å². The Kier molecular flexibility index (Phi) is 8.86. The van der Waals surface area contributed by atoms with Gasteiger partial charge in [-0.05, 0) is 67.5 Å². The van der Waals surface area contributed by atoms with Crippen molar-refractivity contribution >= 4 is 41.0 Å². The molecule has 1 aliphatic rings. The number of carbonyl (C=O) groups is 1. The second-order valence-electron chi connectivity index (χ2n) is 9.31. The molecule has 4 rings (SSSR count). The van der Waals surface area contributed by atoms with E-state index in [1.807, 2.05) is 0 Å². The number of allylic oxidation sites excluding steroid dienone is 2. The molecule has 0 aliphatic heterocycles. The minimum Gasteiger partial charge on any atom is -0.325 e. The van der Waals surface area contributed by atoms with Gasteiger partial charge in [0, 0.05) is 29.9 Å². The Hall–Kier alpha value is -3.74. The molecule has 1 saturated carbocycles. The molecule has 0 saturated heterocycles. The van der Waals surface area contributed by atoms with Crippen LogP contribution in [0.15, 0.2) is 70.6 Å². The van der Waals surface area contributed by atoms with Gasteiger partial charge in [0.1, 0.15) is 16.6 Å². The second kappa shape index (κ2) is 12.0. The summed E-state index contributed by atoms with van der Waals surface area (Å²) in [4.78, 5) is 33.5. The predicted molar refractivity (Wildman–Crippen MR) is 150 cm³/mol. The lowest BCUT2D eigenvalue weighted by atomic mass is 10.0. The first-order valence-electron chi connectivity index (χ1n) is 12.2. The smallest absolute Gasteiger partial charge is 0.325 e. The number of amides is 1. The standard InChI is InChI=1S/C28H24Cl2F2N4O5/c1-3-7-34-25(17-5-4-6-18(24(17)32)26(37)35-28(39,40)41)22(31)13-36-14(2)8-21(23(30)27(36)38)20-10-19(20)15-9-16(29)12-33-11-15/h3-9,11-13,19-20,39-41H,10H2,1-2H3,(H,35,37)/b7-3+,22-13-,34-25+. The molecule has 214 valence electrons. The van der Waals surface area contributed by atoms with E-state index in [0.29, 0.717) is 16.3 Å². The average Bonchev–Trinajstić information content (AvgIpc) is 3.69. The van der Waals surface area contributed by atoms with E-state index in [1.54, 1.807) is 32.2 Å². The number of hydrogen-bond acceptors (Lipinski definition) is 7. The van der Waals surface area contributed by atoms with Crippen molar-refractivity contribution in [3.8, 4) is 0 Å². The van der Waals surface area contributed by atoms with Crippen molar-refractivity contribution in [3.63, 3.8) is 0 Å². The molecule has 4 N–H and O–H groups in total. The third kappa shape index (κ3) is 6.77. The van der Waals surface area contributed by atoms with Gasteiger partial charge in [0.15, 0.2) is 5.83 Å². The van der Waals surface area contributed by atoms with Gasteiger partial charge in [-0.2, -0.15) is 0 Å². The zero-order chi connectivity index (χ0) is 30.1. The fraction of sp³-hybridized carbons (Fsp3) is 0.214. The van der Waals surface area contributed by atoms with Crippen LogP contribution in [0.5, 0.6) is 0 Å². The normalized spacial score (nSPS) is 17.7. The Morgan fingerprint density at radius 3 is 2.56 bits per heavy atom. The van der Waals surface area contributed by atoms with Crippen LogP contribution in [0, 0.1) is 12.7 Å². The molecule has 2 atom stereocenters. The van der Waals surface area contributed by atoms with Gasteiger partial charge in [-0.1, -0.05) is 35.3 Å². The SMILES string of the molecule is C/C=C/N=C(/C(F)=C/n1c(C)cc(C2CC2c2cncc(Cl)c2)c(Cl)c1=O)c1cccc(C(=O)NC(O)(O)O)c1F. The van der Waals surface area contributed by atoms with E-state index in [1.165, 1.54) is 29.9 Å². The third-order valence-corrected chi connectivity index (χ3v) is 6.94. The second-order valence-corrected chi connectivity index (χ2v) is 10.1. The van der Waals surface area contributed by atoms with Gasteiger partial charge in [-0.25, -0.2) is 8.78 Å². The first kappa shape index (κ1) is 30.2. The van der Waals surface area contributed by atoms with Crippen molar-refractivity contribution in [2.45, 2.75) is 38.2 Å². The molecule has 0 radical (unpaired) electrons. The number of aryl methyl sites for hydroxylation is 1. The summed E-state index contributed by atoms with van der Waals surface area (Å²) in [6.07, 6.45) is 3.78. The minimum absolute atomic E-state index is 0.0528. The number of halogens is 4. The third-order valence-electron chi connectivity index (χ3n) is 6.35. The molecule has 3 aromatic rings. The van der Waals surface area contributed by atoms with Crippen LogP contribution < -0.4 is 10.9 Å². The van der Waals surface area contributed by atoms with Crippen LogP contribution in [0.2, 0.25) is 10.0 Å². The Balaban J connectivity index is 1.72. The van der Waals surface area contributed by atoms with E-state index < -0.39 is 46.0 Å². The minimum atomic E-state index is -3.61. The van der Waals surface area contributed by atoms with E-state index in [-0.39, 0.29) is 16.9 Å². The summed E-state index contributed by atoms with van der Waals surface area (Å²) in [5, 5.41) is 28.8. The van der Waals surface area contributed by atoms with Crippen molar-refractivity contribution in [3.05, 3.63) is 115 Å². The molecule has 1 amide bonds. The highest BCUT2D eigenvalue weighted by molar-refractivity contribution is 6.31. The molecule has 2 heterocycles. The fourth-order valence-corrected chi connectivity index (χ4v) is 4.88. The van der Waals surface area contributed by atoms with Crippen LogP contribution in [-0.2, 0) is 0 Å². The summed E-state index contributed by atoms with van der Waals surface area (Å²) in [7, 11) is 0. The van der Waals surface area contributed by atoms with Crippen LogP contribution >= 0.6 is 23.2 Å². The van der Waals surface area contributed by atoms with Gasteiger partial charge in [-0.15, -0.1) is 0 Å². The fourth-order valence-electron chi connectivity index (χ4n) is 4.41. The molecular formula is C28H24Cl2F2N4O5. The van der Waals surface area contributed by atoms with E-state index >= 15 is 8.78 Å². The number of rotatable bonds is 8. The highest BCUT2D eigenvalue weighted by Crippen LogP contribution is 2.55. The summed E-state index contributed by atoms with van der Waals surface area (Å²) in [5.74, 6) is -3.78. The summed E-state index contributed by atoms with van der Waals surface area (Å²) in [6, 6.07) is 6.79. The Bertz CT molecular complexity index is 1660. The molecule has 2 unspecified atom stereocenters. The van der Waals surface area contributed by atoms with Crippen LogP contribution in [0.4, 0.5) is 8.78 Å². The summed E-state index contributed by atoms with van der Waals surface area (Å²) < 4.78 is 32.0. The molecule has 0 bridgehead atoms. The van der Waals surface area contributed by atoms with Crippen LogP contribution in [-0.4, -0.2) is 42.6 Å². The molecule has 1 fully saturated rings. The zero-order valence-corrected chi connectivity index (χ0v) is 23.2. The number of aromatic nitrogens is 2. The van der Waals surface area contributed by atoms with Crippen LogP contribution in [0.25, 0.3) is 6.20 Å². The number of pyridine rings is 2. The van der Waals surface area contributed by atoms with Gasteiger partial charge >= 0.3 is 6.10 Å². The van der Waals surface area contributed by atoms with Crippen molar-refractivity contribution in [1.82, 2.24) is 14.9 Å². The molecule has 0 spiro atoms. The molecule has 13 heteroatoms. The Labute approximate surface area is 242 Å². The zero-order valence-electron chi connectivity index (χ0n) is 21.6. The summed E-state index contributed by atoms with van der Waals surface area (Å²) in [5.41, 5.74) is -0.616. The van der Waals surface area contributed by atoms with E-state index in [4.69, 9.17) is 38.5 Å². The molecule has 9 nitrogen and oxygen atoms in total. The largest absolute Gasteiger partial charge is 0.369 e. The summed E-state index contributed by atoms with van der Waals surface area (Å²) >= 11 is 12.5. The van der Waals surface area contributed by atoms with E-state index in [2.05, 4.69) is 9.98 Å². The molecule has 1 aromatic carbocycles. The molecule has 1 aliphatic carbocycles. The lowest BCUT2D eigenvalue weighted by Gasteiger charge is -2.16. The number of benzene rings is 1. The molecule has 2 aromatic heterocycles. The van der Waals surface area contributed by atoms with Gasteiger partial charge in [-0.3, -0.25) is 29.4 Å². The quantitative estimate of drug-likeness (QED) is 0.222. The van der Waals surface area contributed by atoms with Crippen molar-refractivity contribution in [2.24, 2.45) is 4.99 Å². The number of nitrogens with zero attached hydrogens (tertiary/aromatic N) is 3. The van der Waals surface area contributed by atoms with Crippen molar-refractivity contribution < 1.29 is 28.9 Å². The number of nitrogens with one attached hydrogen (secondary N) is 1. The number of carbonyl (C=O) groups excluding carboxylic acids is 1. The van der Waals surface area contributed by atoms with Crippen molar-refractivity contribution in [1.29, 1.82) is 0 Å². The Morgan fingerprint density at radius 2 is 1.90 bits per heavy atom. The van der Waals surface area contributed by atoms with Crippen LogP contribution in [0.1, 0.15) is 57.9 Å². The first-order chi connectivity index (χ1) is 19.3. The van der Waals surface area contributed by atoms with Gasteiger partial charge in [0.05, 0.1) is 16.8 Å². The lowest BCUT2D eigenvalue weighted by Crippen LogP contribution is -2.48. The lowest BCUT2D eigenvalue weighted by molar-refractivity contribution is -0.323. The Morgan fingerprint density at radius 1 is 1.20 bits per heavy atom. The average molecular weight is 605 g/mol. The molecule has 41 heavy (non-hydrogen) atoms. The monoisotopic (exact) mass is 604 g/mol. The maximum absolute atomic E-state index is 15.7. The number of hydrogen-bond donors (Lipinski definition) is 4. The maximum atomic E-state index is 15.7. The predicted octanol–water partition coefficient (Wildman–Crippen LogP) is 4.38.